The SMILES string of the molecule is CS(=O)(=O)N(CC(=O)N/N=C/c1cccnc1)C1CCCCC1. The van der Waals surface area contributed by atoms with E-state index in [1.165, 1.54) is 10.5 Å². The molecular weight excluding hydrogens is 316 g/mol. The molecule has 1 aromatic heterocycles. The Bertz CT molecular complexity index is 640. The summed E-state index contributed by atoms with van der Waals surface area (Å²) in [5.74, 6) is -0.443. The van der Waals surface area contributed by atoms with Gasteiger partial charge in [0.25, 0.3) is 5.91 Å². The molecule has 0 atom stereocenters. The van der Waals surface area contributed by atoms with E-state index in [-0.39, 0.29) is 12.6 Å². The lowest BCUT2D eigenvalue weighted by molar-refractivity contribution is -0.121. The zero-order chi connectivity index (χ0) is 16.7. The summed E-state index contributed by atoms with van der Waals surface area (Å²) >= 11 is 0. The van der Waals surface area contributed by atoms with Gasteiger partial charge in [-0.1, -0.05) is 25.3 Å². The molecule has 2 rings (SSSR count). The maximum absolute atomic E-state index is 12.0. The molecule has 1 saturated carbocycles. The molecule has 0 radical (unpaired) electrons. The highest BCUT2D eigenvalue weighted by Crippen LogP contribution is 2.24. The van der Waals surface area contributed by atoms with Gasteiger partial charge >= 0.3 is 0 Å². The van der Waals surface area contributed by atoms with Gasteiger partial charge in [-0.05, 0) is 18.9 Å². The molecule has 1 amide bonds. The minimum atomic E-state index is -3.43. The topological polar surface area (TPSA) is 91.7 Å². The van der Waals surface area contributed by atoms with E-state index in [1.54, 1.807) is 24.5 Å². The van der Waals surface area contributed by atoms with Gasteiger partial charge in [0, 0.05) is 24.0 Å². The fourth-order valence-corrected chi connectivity index (χ4v) is 3.80. The van der Waals surface area contributed by atoms with Crippen molar-refractivity contribution in [3.63, 3.8) is 0 Å². The van der Waals surface area contributed by atoms with Crippen LogP contribution in [0, 0.1) is 0 Å². The Hall–Kier alpha value is -1.80. The van der Waals surface area contributed by atoms with Crippen molar-refractivity contribution in [2.24, 2.45) is 5.10 Å². The van der Waals surface area contributed by atoms with Gasteiger partial charge in [-0.2, -0.15) is 9.41 Å². The van der Waals surface area contributed by atoms with Crippen LogP contribution >= 0.6 is 0 Å². The Morgan fingerprint density at radius 2 is 2.17 bits per heavy atom. The monoisotopic (exact) mass is 338 g/mol. The summed E-state index contributed by atoms with van der Waals surface area (Å²) in [4.78, 5) is 15.9. The molecule has 0 aromatic carbocycles. The molecule has 0 bridgehead atoms. The summed E-state index contributed by atoms with van der Waals surface area (Å²) in [5, 5.41) is 3.84. The molecule has 1 aromatic rings. The van der Waals surface area contributed by atoms with Crippen LogP contribution in [0.4, 0.5) is 0 Å². The van der Waals surface area contributed by atoms with Crippen LogP contribution in [0.5, 0.6) is 0 Å². The number of carbonyl (C=O) groups excluding carboxylic acids is 1. The molecular formula is C15H22N4O3S. The van der Waals surface area contributed by atoms with Gasteiger partial charge in [0.05, 0.1) is 19.0 Å². The van der Waals surface area contributed by atoms with Crippen LogP contribution in [0.25, 0.3) is 0 Å². The molecule has 1 N–H and O–H groups in total. The van der Waals surface area contributed by atoms with Crippen molar-refractivity contribution in [3.05, 3.63) is 30.1 Å². The van der Waals surface area contributed by atoms with E-state index in [1.807, 2.05) is 0 Å². The summed E-state index contributed by atoms with van der Waals surface area (Å²) < 4.78 is 25.2. The van der Waals surface area contributed by atoms with Crippen LogP contribution in [-0.4, -0.2) is 48.7 Å². The molecule has 126 valence electrons. The Morgan fingerprint density at radius 1 is 1.43 bits per heavy atom. The van der Waals surface area contributed by atoms with E-state index < -0.39 is 15.9 Å². The van der Waals surface area contributed by atoms with Gasteiger partial charge in [-0.25, -0.2) is 13.8 Å². The molecule has 1 heterocycles. The van der Waals surface area contributed by atoms with Crippen molar-refractivity contribution < 1.29 is 13.2 Å². The van der Waals surface area contributed by atoms with Crippen molar-refractivity contribution in [2.45, 2.75) is 38.1 Å². The zero-order valence-electron chi connectivity index (χ0n) is 13.2. The van der Waals surface area contributed by atoms with Crippen LogP contribution in [0.3, 0.4) is 0 Å². The lowest BCUT2D eigenvalue weighted by Gasteiger charge is -2.31. The molecule has 1 aliphatic rings. The van der Waals surface area contributed by atoms with Crippen molar-refractivity contribution >= 4 is 22.1 Å². The summed E-state index contributed by atoms with van der Waals surface area (Å²) in [7, 11) is -3.43. The number of pyridine rings is 1. The predicted molar refractivity (Wildman–Crippen MR) is 88.4 cm³/mol. The second-order valence-corrected chi connectivity index (χ2v) is 7.61. The van der Waals surface area contributed by atoms with E-state index in [9.17, 15) is 13.2 Å². The van der Waals surface area contributed by atoms with Crippen molar-refractivity contribution in [1.29, 1.82) is 0 Å². The van der Waals surface area contributed by atoms with Crippen LogP contribution in [0.1, 0.15) is 37.7 Å². The first kappa shape index (κ1) is 17.6. The third-order valence-corrected chi connectivity index (χ3v) is 5.07. The Balaban J connectivity index is 1.93. The number of sulfonamides is 1. The van der Waals surface area contributed by atoms with Gasteiger partial charge in [0.1, 0.15) is 0 Å². The summed E-state index contributed by atoms with van der Waals surface area (Å²) in [6, 6.07) is 3.47. The van der Waals surface area contributed by atoms with Gasteiger partial charge in [0.15, 0.2) is 0 Å². The molecule has 7 nitrogen and oxygen atoms in total. The van der Waals surface area contributed by atoms with E-state index >= 15 is 0 Å². The molecule has 0 unspecified atom stereocenters. The first-order valence-electron chi connectivity index (χ1n) is 7.65. The first-order chi connectivity index (χ1) is 11.0. The Morgan fingerprint density at radius 3 is 2.78 bits per heavy atom. The quantitative estimate of drug-likeness (QED) is 0.621. The number of hydrazone groups is 1. The number of rotatable bonds is 6. The standard InChI is InChI=1S/C15H22N4O3S/c1-23(21,22)19(14-7-3-2-4-8-14)12-15(20)18-17-11-13-6-5-9-16-10-13/h5-6,9-11,14H,2-4,7-8,12H2,1H3,(H,18,20)/b17-11+. The predicted octanol–water partition coefficient (Wildman–Crippen LogP) is 1.13. The lowest BCUT2D eigenvalue weighted by atomic mass is 9.95. The Kier molecular flexibility index (Phi) is 6.23. The zero-order valence-corrected chi connectivity index (χ0v) is 14.0. The summed E-state index contributed by atoms with van der Waals surface area (Å²) in [6.45, 7) is -0.201. The highest BCUT2D eigenvalue weighted by molar-refractivity contribution is 7.88. The van der Waals surface area contributed by atoms with Crippen LogP contribution in [-0.2, 0) is 14.8 Å². The van der Waals surface area contributed by atoms with Gasteiger partial charge < -0.3 is 0 Å². The van der Waals surface area contributed by atoms with Gasteiger partial charge in [-0.3, -0.25) is 9.78 Å². The van der Waals surface area contributed by atoms with Gasteiger partial charge in [-0.15, -0.1) is 0 Å². The number of amides is 1. The maximum atomic E-state index is 12.0. The second-order valence-electron chi connectivity index (χ2n) is 5.68. The molecule has 8 heteroatoms. The maximum Gasteiger partial charge on any atom is 0.255 e. The van der Waals surface area contributed by atoms with Crippen LogP contribution in [0.2, 0.25) is 0 Å². The normalized spacial score (nSPS) is 16.8. The van der Waals surface area contributed by atoms with Crippen LogP contribution < -0.4 is 5.43 Å². The van der Waals surface area contributed by atoms with Crippen LogP contribution in [0.15, 0.2) is 29.6 Å². The molecule has 0 spiro atoms. The molecule has 1 fully saturated rings. The highest BCUT2D eigenvalue weighted by Gasteiger charge is 2.29. The average molecular weight is 338 g/mol. The minimum absolute atomic E-state index is 0.0909. The fourth-order valence-electron chi connectivity index (χ4n) is 2.69. The van der Waals surface area contributed by atoms with E-state index in [0.29, 0.717) is 0 Å². The van der Waals surface area contributed by atoms with E-state index in [2.05, 4.69) is 15.5 Å². The van der Waals surface area contributed by atoms with Crippen molar-refractivity contribution in [3.8, 4) is 0 Å². The second kappa shape index (κ2) is 8.16. The number of hydrogen-bond donors (Lipinski definition) is 1. The average Bonchev–Trinajstić information content (AvgIpc) is 2.53. The number of nitrogens with one attached hydrogen (secondary N) is 1. The molecule has 1 aliphatic carbocycles. The van der Waals surface area contributed by atoms with E-state index in [0.717, 1.165) is 43.9 Å². The summed E-state index contributed by atoms with van der Waals surface area (Å²) in [5.41, 5.74) is 3.12. The molecule has 0 saturated heterocycles. The van der Waals surface area contributed by atoms with Crippen molar-refractivity contribution in [2.75, 3.05) is 12.8 Å². The number of carbonyl (C=O) groups is 1. The van der Waals surface area contributed by atoms with E-state index in [4.69, 9.17) is 0 Å². The number of nitrogens with zero attached hydrogens (tertiary/aromatic N) is 3. The smallest absolute Gasteiger partial charge is 0.255 e. The molecule has 0 aliphatic heterocycles. The minimum Gasteiger partial charge on any atom is -0.272 e. The largest absolute Gasteiger partial charge is 0.272 e. The lowest BCUT2D eigenvalue weighted by Crippen LogP contribution is -2.45. The number of hydrogen-bond acceptors (Lipinski definition) is 5. The third-order valence-electron chi connectivity index (χ3n) is 3.79. The fraction of sp³-hybridized carbons (Fsp3) is 0.533. The Labute approximate surface area is 136 Å². The van der Waals surface area contributed by atoms with Gasteiger partial charge in [0.2, 0.25) is 10.0 Å². The summed E-state index contributed by atoms with van der Waals surface area (Å²) in [6.07, 6.45) is 10.6. The number of aromatic nitrogens is 1. The molecule has 23 heavy (non-hydrogen) atoms. The highest BCUT2D eigenvalue weighted by atomic mass is 32.2. The van der Waals surface area contributed by atoms with Crippen molar-refractivity contribution in [1.82, 2.24) is 14.7 Å². The first-order valence-corrected chi connectivity index (χ1v) is 9.50. The third kappa shape index (κ3) is 5.72.